The molecule has 13 heavy (non-hydrogen) atoms. The van der Waals surface area contributed by atoms with Crippen molar-refractivity contribution < 1.29 is 5.11 Å². The highest BCUT2D eigenvalue weighted by Gasteiger charge is 2.38. The fourth-order valence-corrected chi connectivity index (χ4v) is 2.71. The van der Waals surface area contributed by atoms with E-state index in [9.17, 15) is 5.11 Å². The zero-order valence-corrected chi connectivity index (χ0v) is 9.05. The van der Waals surface area contributed by atoms with Crippen LogP contribution in [0.25, 0.3) is 0 Å². The van der Waals surface area contributed by atoms with Gasteiger partial charge in [-0.25, -0.2) is 0 Å². The molecule has 0 amide bonds. The first-order valence-electron chi connectivity index (χ1n) is 4.64. The predicted octanol–water partition coefficient (Wildman–Crippen LogP) is 2.86. The third-order valence-electron chi connectivity index (χ3n) is 3.06. The Morgan fingerprint density at radius 2 is 2.00 bits per heavy atom. The predicted molar refractivity (Wildman–Crippen MR) is 56.8 cm³/mol. The van der Waals surface area contributed by atoms with E-state index in [-0.39, 0.29) is 12.0 Å². The number of aliphatic hydroxyl groups is 1. The van der Waals surface area contributed by atoms with Crippen LogP contribution in [0.1, 0.15) is 24.8 Å². The summed E-state index contributed by atoms with van der Waals surface area (Å²) >= 11 is 3.54. The third-order valence-corrected chi connectivity index (χ3v) is 3.75. The molecule has 1 aliphatic rings. The van der Waals surface area contributed by atoms with Crippen molar-refractivity contribution in [2.24, 2.45) is 0 Å². The lowest BCUT2D eigenvalue weighted by Crippen LogP contribution is -2.38. The maximum atomic E-state index is 9.39. The second-order valence-electron chi connectivity index (χ2n) is 3.77. The molecule has 0 heterocycles. The van der Waals surface area contributed by atoms with Crippen molar-refractivity contribution in [1.29, 1.82) is 0 Å². The summed E-state index contributed by atoms with van der Waals surface area (Å²) in [5.41, 5.74) is 1.32. The van der Waals surface area contributed by atoms with E-state index in [1.807, 2.05) is 18.2 Å². The van der Waals surface area contributed by atoms with Gasteiger partial charge >= 0.3 is 0 Å². The van der Waals surface area contributed by atoms with Gasteiger partial charge in [0.2, 0.25) is 0 Å². The summed E-state index contributed by atoms with van der Waals surface area (Å²) in [7, 11) is 0. The average molecular weight is 241 g/mol. The van der Waals surface area contributed by atoms with Crippen molar-refractivity contribution in [1.82, 2.24) is 0 Å². The van der Waals surface area contributed by atoms with Gasteiger partial charge in [0.25, 0.3) is 0 Å². The van der Waals surface area contributed by atoms with Crippen LogP contribution in [0.5, 0.6) is 0 Å². The molecule has 2 heteroatoms. The Labute approximate surface area is 86.9 Å². The number of hydrogen-bond acceptors (Lipinski definition) is 1. The molecule has 1 saturated carbocycles. The minimum Gasteiger partial charge on any atom is -0.395 e. The van der Waals surface area contributed by atoms with Gasteiger partial charge in [0.1, 0.15) is 0 Å². The zero-order valence-electron chi connectivity index (χ0n) is 7.46. The Morgan fingerprint density at radius 1 is 1.31 bits per heavy atom. The molecule has 1 aromatic carbocycles. The maximum absolute atomic E-state index is 9.39. The van der Waals surface area contributed by atoms with Crippen molar-refractivity contribution in [3.63, 3.8) is 0 Å². The van der Waals surface area contributed by atoms with E-state index in [0.29, 0.717) is 0 Å². The summed E-state index contributed by atoms with van der Waals surface area (Å²) in [5.74, 6) is 0. The van der Waals surface area contributed by atoms with Gasteiger partial charge in [-0.05, 0) is 24.5 Å². The standard InChI is InChI=1S/C11H13BrO/c12-10-5-2-1-4-9(10)11(8-13)6-3-7-11/h1-2,4-5,13H,3,6-8H2. The van der Waals surface area contributed by atoms with Gasteiger partial charge in [-0.15, -0.1) is 0 Å². The van der Waals surface area contributed by atoms with Crippen LogP contribution < -0.4 is 0 Å². The summed E-state index contributed by atoms with van der Waals surface area (Å²) < 4.78 is 1.13. The van der Waals surface area contributed by atoms with Crippen LogP contribution >= 0.6 is 15.9 Å². The number of rotatable bonds is 2. The molecular formula is C11H13BrO. The van der Waals surface area contributed by atoms with E-state index in [1.165, 1.54) is 12.0 Å². The van der Waals surface area contributed by atoms with Crippen LogP contribution in [0.15, 0.2) is 28.7 Å². The first kappa shape index (κ1) is 9.22. The number of halogens is 1. The fourth-order valence-electron chi connectivity index (χ4n) is 2.01. The zero-order chi connectivity index (χ0) is 9.31. The van der Waals surface area contributed by atoms with Crippen molar-refractivity contribution in [3.05, 3.63) is 34.3 Å². The molecule has 0 unspecified atom stereocenters. The summed E-state index contributed by atoms with van der Waals surface area (Å²) in [4.78, 5) is 0. The quantitative estimate of drug-likeness (QED) is 0.844. The van der Waals surface area contributed by atoms with E-state index in [0.717, 1.165) is 17.3 Å². The lowest BCUT2D eigenvalue weighted by molar-refractivity contribution is 0.119. The normalized spacial score (nSPS) is 19.5. The second kappa shape index (κ2) is 3.43. The van der Waals surface area contributed by atoms with Crippen molar-refractivity contribution in [2.45, 2.75) is 24.7 Å². The van der Waals surface area contributed by atoms with Crippen LogP contribution in [-0.2, 0) is 5.41 Å². The molecule has 1 aliphatic carbocycles. The monoisotopic (exact) mass is 240 g/mol. The van der Waals surface area contributed by atoms with Crippen molar-refractivity contribution in [2.75, 3.05) is 6.61 Å². The van der Waals surface area contributed by atoms with Crippen LogP contribution in [0.3, 0.4) is 0 Å². The van der Waals surface area contributed by atoms with E-state index < -0.39 is 0 Å². The van der Waals surface area contributed by atoms with E-state index >= 15 is 0 Å². The molecule has 70 valence electrons. The fraction of sp³-hybridized carbons (Fsp3) is 0.455. The van der Waals surface area contributed by atoms with Crippen LogP contribution in [0.4, 0.5) is 0 Å². The van der Waals surface area contributed by atoms with E-state index in [1.54, 1.807) is 0 Å². The molecule has 1 nitrogen and oxygen atoms in total. The maximum Gasteiger partial charge on any atom is 0.0528 e. The van der Waals surface area contributed by atoms with Crippen molar-refractivity contribution >= 4 is 15.9 Å². The Bertz CT molecular complexity index is 299. The molecule has 0 aliphatic heterocycles. The average Bonchev–Trinajstić information content (AvgIpc) is 2.07. The first-order chi connectivity index (χ1) is 6.28. The van der Waals surface area contributed by atoms with Gasteiger partial charge in [-0.2, -0.15) is 0 Å². The van der Waals surface area contributed by atoms with Gasteiger partial charge < -0.3 is 5.11 Å². The van der Waals surface area contributed by atoms with Crippen LogP contribution in [-0.4, -0.2) is 11.7 Å². The molecule has 2 rings (SSSR count). The first-order valence-corrected chi connectivity index (χ1v) is 5.44. The minimum absolute atomic E-state index is 0.0556. The highest BCUT2D eigenvalue weighted by molar-refractivity contribution is 9.10. The largest absolute Gasteiger partial charge is 0.395 e. The Balaban J connectivity index is 2.38. The van der Waals surface area contributed by atoms with E-state index in [4.69, 9.17) is 0 Å². The van der Waals surface area contributed by atoms with Gasteiger partial charge in [0.05, 0.1) is 6.61 Å². The van der Waals surface area contributed by atoms with Gasteiger partial charge in [0.15, 0.2) is 0 Å². The molecular weight excluding hydrogens is 228 g/mol. The smallest absolute Gasteiger partial charge is 0.0528 e. The highest BCUT2D eigenvalue weighted by atomic mass is 79.9. The Kier molecular flexibility index (Phi) is 2.43. The van der Waals surface area contributed by atoms with E-state index in [2.05, 4.69) is 22.0 Å². The number of aliphatic hydroxyl groups excluding tert-OH is 1. The van der Waals surface area contributed by atoms with Gasteiger partial charge in [0, 0.05) is 9.89 Å². The summed E-state index contributed by atoms with van der Waals surface area (Å²) in [6, 6.07) is 8.21. The topological polar surface area (TPSA) is 20.2 Å². The molecule has 1 fully saturated rings. The second-order valence-corrected chi connectivity index (χ2v) is 4.63. The summed E-state index contributed by atoms with van der Waals surface area (Å²) in [5, 5.41) is 9.39. The Hall–Kier alpha value is -0.340. The summed E-state index contributed by atoms with van der Waals surface area (Å²) in [6.45, 7) is 0.273. The van der Waals surface area contributed by atoms with Crippen molar-refractivity contribution in [3.8, 4) is 0 Å². The SMILES string of the molecule is OCC1(c2ccccc2Br)CCC1. The molecule has 0 aromatic heterocycles. The molecule has 0 atom stereocenters. The minimum atomic E-state index is 0.0556. The lowest BCUT2D eigenvalue weighted by atomic mass is 9.65. The molecule has 1 N–H and O–H groups in total. The molecule has 0 radical (unpaired) electrons. The molecule has 1 aromatic rings. The third kappa shape index (κ3) is 1.42. The van der Waals surface area contributed by atoms with Gasteiger partial charge in [-0.3, -0.25) is 0 Å². The van der Waals surface area contributed by atoms with Crippen LogP contribution in [0, 0.1) is 0 Å². The highest BCUT2D eigenvalue weighted by Crippen LogP contribution is 2.45. The van der Waals surface area contributed by atoms with Gasteiger partial charge in [-0.1, -0.05) is 40.5 Å². The molecule has 0 saturated heterocycles. The summed E-state index contributed by atoms with van der Waals surface area (Å²) in [6.07, 6.45) is 3.47. The molecule has 0 bridgehead atoms. The number of benzene rings is 1. The Morgan fingerprint density at radius 3 is 2.46 bits per heavy atom. The number of hydrogen-bond donors (Lipinski definition) is 1. The van der Waals surface area contributed by atoms with Crippen LogP contribution in [0.2, 0.25) is 0 Å². The molecule has 0 spiro atoms. The lowest BCUT2D eigenvalue weighted by Gasteiger charge is -2.41.